The first-order valence-electron chi connectivity index (χ1n) is 16.4. The molecule has 0 radical (unpaired) electrons. The van der Waals surface area contributed by atoms with Gasteiger partial charge in [0.05, 0.1) is 29.7 Å². The molecule has 3 amide bonds. The Bertz CT molecular complexity index is 1910. The van der Waals surface area contributed by atoms with Gasteiger partial charge in [0.25, 0.3) is 0 Å². The largest absolute Gasteiger partial charge is 0.382 e. The lowest BCUT2D eigenvalue weighted by molar-refractivity contribution is -0.134. The number of likely N-dealkylation sites (N-methyl/N-ethyl adjacent to an activating group) is 1. The van der Waals surface area contributed by atoms with Crippen molar-refractivity contribution < 1.29 is 14.4 Å². The van der Waals surface area contributed by atoms with Gasteiger partial charge in [0.15, 0.2) is 5.82 Å². The lowest BCUT2D eigenvalue weighted by Gasteiger charge is -2.37. The van der Waals surface area contributed by atoms with E-state index < -0.39 is 5.92 Å². The van der Waals surface area contributed by atoms with E-state index in [1.807, 2.05) is 49.3 Å². The number of carbonyl (C=O) groups is 3. The molecule has 0 bridgehead atoms. The number of aryl methyl sites for hydroxylation is 1. The summed E-state index contributed by atoms with van der Waals surface area (Å²) >= 11 is 6.53. The number of rotatable bonds is 9. The van der Waals surface area contributed by atoms with Gasteiger partial charge in [-0.25, -0.2) is 4.98 Å². The van der Waals surface area contributed by atoms with Crippen molar-refractivity contribution in [1.82, 2.24) is 30.4 Å². The van der Waals surface area contributed by atoms with Gasteiger partial charge in [0.2, 0.25) is 23.7 Å². The van der Waals surface area contributed by atoms with Crippen molar-refractivity contribution in [2.45, 2.75) is 44.6 Å². The smallest absolute Gasteiger partial charge is 0.235 e. The van der Waals surface area contributed by atoms with Crippen LogP contribution in [0.2, 0.25) is 5.02 Å². The van der Waals surface area contributed by atoms with Gasteiger partial charge in [0.1, 0.15) is 5.02 Å². The maximum atomic E-state index is 12.6. The second-order valence-electron chi connectivity index (χ2n) is 12.9. The molecule has 48 heavy (non-hydrogen) atoms. The van der Waals surface area contributed by atoms with E-state index in [9.17, 15) is 14.4 Å². The van der Waals surface area contributed by atoms with Crippen molar-refractivity contribution in [2.24, 2.45) is 13.0 Å². The van der Waals surface area contributed by atoms with Crippen LogP contribution in [0.3, 0.4) is 0 Å². The van der Waals surface area contributed by atoms with Crippen LogP contribution in [0.1, 0.15) is 43.4 Å². The molecular formula is C34H39ClN10O3. The van der Waals surface area contributed by atoms with Crippen molar-refractivity contribution in [3.63, 3.8) is 0 Å². The molecule has 0 spiro atoms. The van der Waals surface area contributed by atoms with Crippen LogP contribution in [0.25, 0.3) is 10.9 Å². The number of halogens is 1. The minimum atomic E-state index is -0.432. The molecule has 3 aliphatic heterocycles. The molecule has 3 atom stereocenters. The normalized spacial score (nSPS) is 21.1. The van der Waals surface area contributed by atoms with Gasteiger partial charge in [0, 0.05) is 68.1 Å². The van der Waals surface area contributed by atoms with Gasteiger partial charge >= 0.3 is 0 Å². The average molecular weight is 671 g/mol. The van der Waals surface area contributed by atoms with Crippen LogP contribution < -0.4 is 31.1 Å². The van der Waals surface area contributed by atoms with Crippen LogP contribution >= 0.6 is 11.6 Å². The number of anilines is 5. The Kier molecular flexibility index (Phi) is 8.65. The molecule has 4 aromatic rings. The summed E-state index contributed by atoms with van der Waals surface area (Å²) in [5.41, 5.74) is 5.36. The van der Waals surface area contributed by atoms with Crippen LogP contribution in [0, 0.1) is 5.92 Å². The molecule has 2 saturated heterocycles. The maximum Gasteiger partial charge on any atom is 0.235 e. The van der Waals surface area contributed by atoms with Gasteiger partial charge in [-0.1, -0.05) is 18.5 Å². The Balaban J connectivity index is 1.01. The van der Waals surface area contributed by atoms with E-state index in [1.165, 1.54) is 0 Å². The lowest BCUT2D eigenvalue weighted by atomic mass is 9.92. The number of amides is 3. The predicted molar refractivity (Wildman–Crippen MR) is 186 cm³/mol. The van der Waals surface area contributed by atoms with Crippen LogP contribution in [0.15, 0.2) is 42.6 Å². The number of nitrogens with zero attached hydrogens (tertiary/aromatic N) is 6. The van der Waals surface area contributed by atoms with Crippen molar-refractivity contribution in [3.05, 3.63) is 58.9 Å². The fourth-order valence-corrected chi connectivity index (χ4v) is 7.15. The van der Waals surface area contributed by atoms with Crippen molar-refractivity contribution >= 4 is 69.1 Å². The number of benzene rings is 2. The minimum Gasteiger partial charge on any atom is -0.382 e. The van der Waals surface area contributed by atoms with E-state index >= 15 is 0 Å². The van der Waals surface area contributed by atoms with Gasteiger partial charge in [-0.05, 0) is 67.8 Å². The van der Waals surface area contributed by atoms with Crippen LogP contribution in [-0.2, 0) is 27.9 Å². The third kappa shape index (κ3) is 6.15. The van der Waals surface area contributed by atoms with Crippen molar-refractivity contribution in [2.75, 3.05) is 53.7 Å². The minimum absolute atomic E-state index is 0.100. The number of nitrogens with one attached hydrogen (secondary N) is 4. The van der Waals surface area contributed by atoms with Gasteiger partial charge < -0.3 is 25.8 Å². The number of carbonyl (C=O) groups excluding carboxylic acids is 3. The summed E-state index contributed by atoms with van der Waals surface area (Å²) in [6.45, 7) is 5.10. The van der Waals surface area contributed by atoms with Gasteiger partial charge in [-0.3, -0.25) is 24.4 Å². The highest BCUT2D eigenvalue weighted by molar-refractivity contribution is 6.33. The topological polar surface area (TPSA) is 149 Å². The fraction of sp³-hybridized carbons (Fsp3) is 0.412. The SMILES string of the molecule is CNCCN1C(=O)Cc2cc(Nc3nc(N4CC[C@@H](Nc5ccc6c(C7CCC(=O)NC7=O)nn(C)c6c5)[C@H](C)C4)ncc3Cl)ccc21. The van der Waals surface area contributed by atoms with E-state index in [1.54, 1.807) is 10.9 Å². The first-order chi connectivity index (χ1) is 23.2. The Morgan fingerprint density at radius 3 is 2.71 bits per heavy atom. The summed E-state index contributed by atoms with van der Waals surface area (Å²) in [7, 11) is 3.76. The number of hydrogen-bond acceptors (Lipinski definition) is 10. The van der Waals surface area contributed by atoms with Crippen molar-refractivity contribution in [3.8, 4) is 0 Å². The molecule has 13 nitrogen and oxygen atoms in total. The summed E-state index contributed by atoms with van der Waals surface area (Å²) in [4.78, 5) is 50.1. The fourth-order valence-electron chi connectivity index (χ4n) is 7.01. The summed E-state index contributed by atoms with van der Waals surface area (Å²) in [5, 5.41) is 18.6. The summed E-state index contributed by atoms with van der Waals surface area (Å²) < 4.78 is 1.80. The van der Waals surface area contributed by atoms with Crippen LogP contribution in [-0.4, -0.2) is 76.7 Å². The molecule has 2 aromatic carbocycles. The molecule has 3 aliphatic rings. The van der Waals surface area contributed by atoms with E-state index in [0.717, 1.165) is 59.6 Å². The molecule has 1 unspecified atom stereocenters. The van der Waals surface area contributed by atoms with Gasteiger partial charge in [-0.2, -0.15) is 10.1 Å². The van der Waals surface area contributed by atoms with E-state index in [-0.39, 0.29) is 29.7 Å². The zero-order valence-electron chi connectivity index (χ0n) is 27.2. The molecule has 0 aliphatic carbocycles. The lowest BCUT2D eigenvalue weighted by Crippen LogP contribution is -2.46. The van der Waals surface area contributed by atoms with Crippen LogP contribution in [0.5, 0.6) is 0 Å². The second-order valence-corrected chi connectivity index (χ2v) is 13.3. The zero-order chi connectivity index (χ0) is 33.5. The second kappa shape index (κ2) is 13.0. The third-order valence-corrected chi connectivity index (χ3v) is 9.86. The quantitative estimate of drug-likeness (QED) is 0.194. The molecular weight excluding hydrogens is 632 g/mol. The summed E-state index contributed by atoms with van der Waals surface area (Å²) in [5.74, 6) is 0.573. The molecule has 2 aromatic heterocycles. The highest BCUT2D eigenvalue weighted by Gasteiger charge is 2.32. The Morgan fingerprint density at radius 2 is 1.92 bits per heavy atom. The maximum absolute atomic E-state index is 12.6. The monoisotopic (exact) mass is 670 g/mol. The first-order valence-corrected chi connectivity index (χ1v) is 16.8. The molecule has 250 valence electrons. The molecule has 5 heterocycles. The first kappa shape index (κ1) is 31.8. The summed E-state index contributed by atoms with van der Waals surface area (Å²) in [6, 6.07) is 12.3. The molecule has 4 N–H and O–H groups in total. The highest BCUT2D eigenvalue weighted by Crippen LogP contribution is 2.35. The third-order valence-electron chi connectivity index (χ3n) is 9.58. The summed E-state index contributed by atoms with van der Waals surface area (Å²) in [6.07, 6.45) is 3.66. The standard InChI is InChI=1S/C34H39ClN10O3/c1-19-18-44(34-37-17-25(35)32(41-34)39-21-5-8-27-20(14-21)15-30(47)45(27)13-11-36-2)12-10-26(19)38-22-4-6-23-28(16-22)43(3)42-31(23)24-7-9-29(46)40-33(24)48/h4-6,8,14,16-17,19,24,26,36,38H,7,9-13,15,18H2,1-3H3,(H,37,39,41)(H,40,46,48)/t19-,24?,26-/m1/s1. The zero-order valence-corrected chi connectivity index (χ0v) is 28.0. The van der Waals surface area contributed by atoms with E-state index in [2.05, 4.69) is 49.2 Å². The number of hydrogen-bond donors (Lipinski definition) is 4. The number of aromatic nitrogens is 4. The molecule has 0 saturated carbocycles. The Labute approximate surface area is 283 Å². The number of piperidine rings is 2. The highest BCUT2D eigenvalue weighted by atomic mass is 35.5. The molecule has 7 rings (SSSR count). The van der Waals surface area contributed by atoms with Crippen LogP contribution in [0.4, 0.5) is 28.8 Å². The van der Waals surface area contributed by atoms with E-state index in [4.69, 9.17) is 16.6 Å². The van der Waals surface area contributed by atoms with E-state index in [0.29, 0.717) is 48.3 Å². The number of imide groups is 1. The van der Waals surface area contributed by atoms with Crippen molar-refractivity contribution in [1.29, 1.82) is 0 Å². The molecule has 2 fully saturated rings. The Morgan fingerprint density at radius 1 is 1.08 bits per heavy atom. The predicted octanol–water partition coefficient (Wildman–Crippen LogP) is 3.72. The number of fused-ring (bicyclic) bond motifs is 2. The Hall–Kier alpha value is -4.75. The molecule has 14 heteroatoms. The van der Waals surface area contributed by atoms with Gasteiger partial charge in [-0.15, -0.1) is 0 Å². The average Bonchev–Trinajstić information content (AvgIpc) is 3.56.